The van der Waals surface area contributed by atoms with Crippen molar-refractivity contribution in [2.45, 2.75) is 33.9 Å². The first-order chi connectivity index (χ1) is 50.4. The molecule has 13 nitrogen and oxygen atoms in total. The van der Waals surface area contributed by atoms with Crippen LogP contribution < -0.4 is 102 Å². The molecule has 0 heterocycles. The van der Waals surface area contributed by atoms with Crippen LogP contribution in [0.3, 0.4) is 0 Å². The summed E-state index contributed by atoms with van der Waals surface area (Å²) in [5.74, 6) is 6.86. The van der Waals surface area contributed by atoms with Gasteiger partial charge in [-0.05, 0) is 265 Å². The first-order valence-corrected chi connectivity index (χ1v) is 39.3. The molecule has 0 saturated heterocycles. The molecule has 0 aromatic heterocycles. The fraction of sp³-hybridized carbons (Fsp3) is 0.148. The average molecular weight is 1730 g/mol. The molecular formula is C88H98Ag2NO12P4S+2. The van der Waals surface area contributed by atoms with Crippen LogP contribution in [0.2, 0.25) is 0 Å². The molecule has 0 spiro atoms. The molecule has 0 aliphatic heterocycles. The van der Waals surface area contributed by atoms with Crippen molar-refractivity contribution >= 4 is 108 Å². The van der Waals surface area contributed by atoms with Gasteiger partial charge in [0.1, 0.15) is 110 Å². The van der Waals surface area contributed by atoms with Gasteiger partial charge >= 0.3 is 22.4 Å². The number of nitrogens with zero attached hydrogens (tertiary/aromatic N) is 1. The number of benzene rings is 12. The summed E-state index contributed by atoms with van der Waals surface area (Å²) in [6.07, 6.45) is 0. The molecule has 0 amide bonds. The maximum atomic E-state index is 9.30. The van der Waals surface area contributed by atoms with Crippen molar-refractivity contribution in [1.29, 1.82) is 5.26 Å². The van der Waals surface area contributed by atoms with Crippen LogP contribution in [0.4, 0.5) is 0 Å². The number of hydrogen-bond donors (Lipinski definition) is 4. The Balaban J connectivity index is 0.000000363. The summed E-state index contributed by atoms with van der Waals surface area (Å²) >= 11 is 3.70. The quantitative estimate of drug-likeness (QED) is 0.0148. The van der Waals surface area contributed by atoms with Gasteiger partial charge in [0, 0.05) is 22.4 Å². The molecule has 0 bridgehead atoms. The summed E-state index contributed by atoms with van der Waals surface area (Å²) in [5.41, 5.74) is 3.70. The Hall–Kier alpha value is -8.21. The second-order valence-electron chi connectivity index (χ2n) is 22.8. The van der Waals surface area contributed by atoms with Gasteiger partial charge in [-0.2, -0.15) is 0 Å². The van der Waals surface area contributed by atoms with Gasteiger partial charge in [0.2, 0.25) is 0 Å². The topological polar surface area (TPSA) is 179 Å². The van der Waals surface area contributed by atoms with E-state index in [1.165, 1.54) is 69.1 Å². The van der Waals surface area contributed by atoms with E-state index in [1.54, 1.807) is 56.9 Å². The molecule has 4 N–H and O–H groups in total. The summed E-state index contributed by atoms with van der Waals surface area (Å²) < 4.78 is 42.3. The Morgan fingerprint density at radius 3 is 0.398 bits per heavy atom. The molecular weight excluding hydrogens is 1630 g/mol. The van der Waals surface area contributed by atoms with Crippen molar-refractivity contribution in [3.05, 3.63) is 328 Å². The van der Waals surface area contributed by atoms with Crippen LogP contribution in [-0.4, -0.2) is 77.3 Å². The van der Waals surface area contributed by atoms with Crippen molar-refractivity contribution < 1.29 is 103 Å². The van der Waals surface area contributed by atoms with Gasteiger partial charge in [-0.25, -0.2) is 5.26 Å². The van der Waals surface area contributed by atoms with Crippen molar-refractivity contribution in [3.8, 4) is 51.4 Å². The minimum Gasteiger partial charge on any atom is -0.696 e. The molecule has 573 valence electrons. The number of nitriles is 1. The van der Waals surface area contributed by atoms with E-state index in [4.69, 9.17) is 43.2 Å². The molecule has 12 rings (SSSR count). The largest absolute Gasteiger partial charge is 1.00 e. The van der Waals surface area contributed by atoms with E-state index >= 15 is 0 Å². The van der Waals surface area contributed by atoms with Gasteiger partial charge in [0.05, 0.1) is 115 Å². The number of ether oxygens (including phenoxy) is 8. The van der Waals surface area contributed by atoms with E-state index in [-0.39, 0.29) is 93.5 Å². The van der Waals surface area contributed by atoms with Gasteiger partial charge < -0.3 is 85.8 Å². The van der Waals surface area contributed by atoms with Gasteiger partial charge in [-0.15, -0.1) is 0 Å². The van der Waals surface area contributed by atoms with E-state index in [2.05, 4.69) is 158 Å². The number of aliphatic hydroxyl groups excluding tert-OH is 4. The Morgan fingerprint density at radius 2 is 0.324 bits per heavy atom. The number of aliphatic hydroxyl groups is 4. The molecule has 0 aliphatic carbocycles. The smallest absolute Gasteiger partial charge is 0.696 e. The maximum absolute atomic E-state index is 9.30. The normalized spacial score (nSPS) is 9.99. The molecule has 1 radical (unpaired) electrons. The minimum absolute atomic E-state index is 0. The van der Waals surface area contributed by atoms with Crippen molar-refractivity contribution in [1.82, 2.24) is 0 Å². The summed E-state index contributed by atoms with van der Waals surface area (Å²) in [6, 6.07) is 99.2. The van der Waals surface area contributed by atoms with E-state index in [9.17, 15) is 20.4 Å². The third-order valence-electron chi connectivity index (χ3n) is 16.7. The van der Waals surface area contributed by atoms with Crippen molar-refractivity contribution in [3.63, 3.8) is 0 Å². The molecule has 0 aliphatic rings. The Labute approximate surface area is 681 Å². The average Bonchev–Trinajstić information content (AvgIpc) is 0.826. The van der Waals surface area contributed by atoms with Crippen LogP contribution in [0, 0.1) is 25.5 Å². The van der Waals surface area contributed by atoms with E-state index in [1.807, 2.05) is 146 Å². The number of thiocyanates is 1. The second-order valence-corrected chi connectivity index (χ2v) is 33.0. The van der Waals surface area contributed by atoms with Crippen LogP contribution in [-0.2, 0) is 83.8 Å². The van der Waals surface area contributed by atoms with Gasteiger partial charge in [0.25, 0.3) is 0 Å². The van der Waals surface area contributed by atoms with Crippen LogP contribution >= 0.6 is 31.7 Å². The minimum atomic E-state index is -1.14. The van der Waals surface area contributed by atoms with E-state index < -0.39 is 31.7 Å². The zero-order chi connectivity index (χ0) is 73.3. The fourth-order valence-corrected chi connectivity index (χ4v) is 21.2. The third-order valence-corrected chi connectivity index (χ3v) is 27.7. The number of hydrogen-bond acceptors (Lipinski definition) is 14. The predicted octanol–water partition coefficient (Wildman–Crippen LogP) is 12.3. The number of rotatable bonds is 24. The van der Waals surface area contributed by atoms with Crippen LogP contribution in [0.15, 0.2) is 291 Å². The SMILES string of the molecule is C.COc1ccc([PH+](c2ccc(CO)cc2)c2ccc(OC)cc2)cc1.COc1ccc([PH+](c2ccc(CO)cc2)c2ccc(OC)cc2)cc1.COc1ccc([PH+](c2ccc(CO)cc2)c2ccc(OC)cc2)cc1.COc1ccc([PH+](c2ccc(CO)cc2)c2ccc(OC)cc2)cc1.N#C[S-].[Ag+].[Ag].[CH3-].[CH3-]. The first-order valence-electron chi connectivity index (χ1n) is 32.9. The van der Waals surface area contributed by atoms with E-state index in [0.29, 0.717) is 0 Å². The predicted molar refractivity (Wildman–Crippen MR) is 455 cm³/mol. The molecule has 0 saturated carbocycles. The molecule has 108 heavy (non-hydrogen) atoms. The summed E-state index contributed by atoms with van der Waals surface area (Å²) in [7, 11) is 8.85. The van der Waals surface area contributed by atoms with E-state index in [0.717, 1.165) is 68.2 Å². The Bertz CT molecular complexity index is 3440. The second kappa shape index (κ2) is 50.5. The zero-order valence-electron chi connectivity index (χ0n) is 61.6. The van der Waals surface area contributed by atoms with Gasteiger partial charge in [0.15, 0.2) is 0 Å². The van der Waals surface area contributed by atoms with Gasteiger partial charge in [-0.3, -0.25) is 0 Å². The Morgan fingerprint density at radius 1 is 0.241 bits per heavy atom. The van der Waals surface area contributed by atoms with Crippen LogP contribution in [0.1, 0.15) is 29.7 Å². The van der Waals surface area contributed by atoms with Crippen molar-refractivity contribution in [2.75, 3.05) is 56.9 Å². The molecule has 20 heteroatoms. The third kappa shape index (κ3) is 27.1. The molecule has 0 atom stereocenters. The van der Waals surface area contributed by atoms with Gasteiger partial charge in [-0.1, -0.05) is 61.4 Å². The Kier molecular flexibility index (Phi) is 43.9. The summed E-state index contributed by atoms with van der Waals surface area (Å²) in [6.45, 7) is 0.252. The van der Waals surface area contributed by atoms with Crippen LogP contribution in [0.25, 0.3) is 0 Å². The molecule has 0 unspecified atom stereocenters. The molecule has 12 aromatic rings. The van der Waals surface area contributed by atoms with Crippen molar-refractivity contribution in [2.24, 2.45) is 0 Å². The standard InChI is InChI=1S/4C21H21O3P.CHNS.CH4.2CH3.2Ag/c4*1-23-17-5-11-20(12-6-17)25(19-9-3-16(15-22)4-10-19)21-13-7-18(24-2)8-14-21;2-1-3;;;;;/h4*3-14,22H,15H2,1-2H3;3H;1H4;2*1H3;;/q;;;;;;2*-1;;+1/p+3. The monoisotopic (exact) mass is 1730 g/mol. The fourth-order valence-electron chi connectivity index (χ4n) is 11.2. The zero-order valence-corrected chi connectivity index (χ0v) is 69.3. The molecule has 12 aromatic carbocycles. The molecule has 0 fully saturated rings. The summed E-state index contributed by atoms with van der Waals surface area (Å²) in [5, 5.41) is 61.0. The maximum Gasteiger partial charge on any atom is 1.00 e. The summed E-state index contributed by atoms with van der Waals surface area (Å²) in [4.78, 5) is 0. The first kappa shape index (κ1) is 94.0. The van der Waals surface area contributed by atoms with Crippen LogP contribution in [0.5, 0.6) is 46.0 Å². The number of methoxy groups -OCH3 is 8.